The lowest BCUT2D eigenvalue weighted by Crippen LogP contribution is -2.29. The summed E-state index contributed by atoms with van der Waals surface area (Å²) in [4.78, 5) is 27.5. The van der Waals surface area contributed by atoms with E-state index in [1.165, 1.54) is 31.4 Å². The molecule has 3 aromatic rings. The van der Waals surface area contributed by atoms with Crippen LogP contribution in [0.3, 0.4) is 0 Å². The van der Waals surface area contributed by atoms with E-state index in [1.807, 2.05) is 0 Å². The number of amides is 1. The fourth-order valence-corrected chi connectivity index (χ4v) is 4.42. The highest BCUT2D eigenvalue weighted by atomic mass is 19.4. The number of fused-ring (bicyclic) bond motifs is 1. The number of benzene rings is 3. The van der Waals surface area contributed by atoms with E-state index in [9.17, 15) is 27.9 Å². The van der Waals surface area contributed by atoms with Gasteiger partial charge in [0, 0.05) is 12.1 Å². The third kappa shape index (κ3) is 4.46. The lowest BCUT2D eigenvalue weighted by molar-refractivity contribution is -0.140. The first-order chi connectivity index (χ1) is 17.7. The molecule has 1 fully saturated rings. The summed E-state index contributed by atoms with van der Waals surface area (Å²) in [5.41, 5.74) is -0.198. The number of halogens is 3. The summed E-state index contributed by atoms with van der Waals surface area (Å²) in [5, 5.41) is 11.2. The van der Waals surface area contributed by atoms with E-state index >= 15 is 0 Å². The minimum Gasteiger partial charge on any atom is -0.507 e. The molecule has 0 radical (unpaired) electrons. The molecule has 10 heteroatoms. The van der Waals surface area contributed by atoms with E-state index in [4.69, 9.17) is 14.2 Å². The van der Waals surface area contributed by atoms with Gasteiger partial charge in [0.1, 0.15) is 11.5 Å². The Labute approximate surface area is 209 Å². The third-order valence-corrected chi connectivity index (χ3v) is 6.22. The van der Waals surface area contributed by atoms with Crippen molar-refractivity contribution >= 4 is 17.4 Å². The van der Waals surface area contributed by atoms with Gasteiger partial charge in [0.25, 0.3) is 11.7 Å². The van der Waals surface area contributed by atoms with Crippen molar-refractivity contribution in [3.8, 4) is 17.2 Å². The van der Waals surface area contributed by atoms with Gasteiger partial charge < -0.3 is 24.2 Å². The van der Waals surface area contributed by atoms with Gasteiger partial charge >= 0.3 is 6.18 Å². The van der Waals surface area contributed by atoms with Crippen LogP contribution in [0.1, 0.15) is 28.3 Å². The molecule has 2 heterocycles. The Morgan fingerprint density at radius 1 is 1.03 bits per heavy atom. The molecule has 0 aromatic heterocycles. The van der Waals surface area contributed by atoms with Crippen molar-refractivity contribution in [3.05, 3.63) is 94.6 Å². The highest BCUT2D eigenvalue weighted by Crippen LogP contribution is 2.42. The van der Waals surface area contributed by atoms with Crippen molar-refractivity contribution in [2.45, 2.75) is 18.8 Å². The number of alkyl halides is 3. The topological polar surface area (TPSA) is 85.3 Å². The van der Waals surface area contributed by atoms with E-state index in [1.54, 1.807) is 30.3 Å². The van der Waals surface area contributed by atoms with Crippen molar-refractivity contribution in [1.29, 1.82) is 0 Å². The zero-order valence-corrected chi connectivity index (χ0v) is 19.4. The van der Waals surface area contributed by atoms with Gasteiger partial charge in [0.2, 0.25) is 6.79 Å². The first-order valence-electron chi connectivity index (χ1n) is 11.2. The molecule has 3 aromatic carbocycles. The monoisotopic (exact) mass is 511 g/mol. The van der Waals surface area contributed by atoms with Gasteiger partial charge in [-0.15, -0.1) is 0 Å². The van der Waals surface area contributed by atoms with Crippen LogP contribution in [0.2, 0.25) is 0 Å². The summed E-state index contributed by atoms with van der Waals surface area (Å²) in [5.74, 6) is -0.988. The van der Waals surface area contributed by atoms with Gasteiger partial charge in [0.15, 0.2) is 11.5 Å². The summed E-state index contributed by atoms with van der Waals surface area (Å²) >= 11 is 0. The van der Waals surface area contributed by atoms with Gasteiger partial charge in [-0.25, -0.2) is 0 Å². The number of aliphatic hydroxyl groups excluding tert-OH is 1. The van der Waals surface area contributed by atoms with Crippen LogP contribution in [-0.2, 0) is 22.3 Å². The minimum atomic E-state index is -4.57. The molecule has 5 rings (SSSR count). The molecule has 37 heavy (non-hydrogen) atoms. The van der Waals surface area contributed by atoms with Crippen LogP contribution in [-0.4, -0.2) is 35.6 Å². The van der Waals surface area contributed by atoms with Crippen LogP contribution in [0.25, 0.3) is 5.76 Å². The predicted molar refractivity (Wildman–Crippen MR) is 125 cm³/mol. The average molecular weight is 511 g/mol. The normalized spacial score (nSPS) is 18.4. The Balaban J connectivity index is 1.61. The van der Waals surface area contributed by atoms with Crippen LogP contribution >= 0.6 is 0 Å². The van der Waals surface area contributed by atoms with E-state index in [2.05, 4.69) is 0 Å². The molecule has 2 aliphatic rings. The number of methoxy groups -OCH3 is 1. The van der Waals surface area contributed by atoms with Crippen molar-refractivity contribution < 1.29 is 42.1 Å². The number of ketones is 1. The first kappa shape index (κ1) is 24.2. The van der Waals surface area contributed by atoms with Crippen molar-refractivity contribution in [2.24, 2.45) is 0 Å². The van der Waals surface area contributed by atoms with Crippen LogP contribution < -0.4 is 14.2 Å². The minimum absolute atomic E-state index is 0.00672. The first-order valence-corrected chi connectivity index (χ1v) is 11.2. The second-order valence-corrected chi connectivity index (χ2v) is 8.47. The Morgan fingerprint density at radius 2 is 1.76 bits per heavy atom. The molecule has 0 aliphatic carbocycles. The van der Waals surface area contributed by atoms with Gasteiger partial charge in [-0.3, -0.25) is 9.59 Å². The number of hydrogen-bond donors (Lipinski definition) is 1. The van der Waals surface area contributed by atoms with Gasteiger partial charge in [0.05, 0.1) is 24.3 Å². The number of carbonyl (C=O) groups is 2. The molecule has 1 atom stereocenters. The van der Waals surface area contributed by atoms with Gasteiger partial charge in [-0.1, -0.05) is 24.3 Å². The maximum absolute atomic E-state index is 13.3. The van der Waals surface area contributed by atoms with Crippen LogP contribution in [0.4, 0.5) is 13.2 Å². The number of carbonyl (C=O) groups excluding carboxylic acids is 2. The number of ether oxygens (including phenoxy) is 3. The lowest BCUT2D eigenvalue weighted by atomic mass is 9.95. The molecule has 0 saturated carbocycles. The molecule has 1 saturated heterocycles. The summed E-state index contributed by atoms with van der Waals surface area (Å²) in [6.45, 7) is -0.282. The second-order valence-electron chi connectivity index (χ2n) is 8.47. The highest BCUT2D eigenvalue weighted by molar-refractivity contribution is 6.46. The Bertz CT molecular complexity index is 1410. The smallest absolute Gasteiger partial charge is 0.416 e. The van der Waals surface area contributed by atoms with E-state index in [-0.39, 0.29) is 30.0 Å². The number of hydrogen-bond acceptors (Lipinski definition) is 6. The van der Waals surface area contributed by atoms with Crippen molar-refractivity contribution in [1.82, 2.24) is 4.90 Å². The second kappa shape index (κ2) is 9.20. The SMILES string of the molecule is COc1ccc(C2/C(=C(/O)c3ccc4c(c3)OCO4)C(=O)C(=O)N2Cc2cccc(C(F)(F)F)c2)cc1. The molecule has 1 N–H and O–H groups in total. The summed E-state index contributed by atoms with van der Waals surface area (Å²) in [6.07, 6.45) is -4.57. The molecule has 0 bridgehead atoms. The van der Waals surface area contributed by atoms with Crippen molar-refractivity contribution in [3.63, 3.8) is 0 Å². The molecule has 0 spiro atoms. The van der Waals surface area contributed by atoms with Gasteiger partial charge in [-0.05, 0) is 53.6 Å². The largest absolute Gasteiger partial charge is 0.507 e. The number of Topliss-reactive ketones (excluding diaryl/α,β-unsaturated/α-hetero) is 1. The summed E-state index contributed by atoms with van der Waals surface area (Å²) in [7, 11) is 1.48. The van der Waals surface area contributed by atoms with Crippen LogP contribution in [0.5, 0.6) is 17.2 Å². The Kier molecular flexibility index (Phi) is 6.02. The van der Waals surface area contributed by atoms with Crippen LogP contribution in [0.15, 0.2) is 72.3 Å². The fourth-order valence-electron chi connectivity index (χ4n) is 4.42. The molecular formula is C27H20F3NO6. The number of rotatable bonds is 5. The Morgan fingerprint density at radius 3 is 2.46 bits per heavy atom. The number of likely N-dealkylation sites (tertiary alicyclic amines) is 1. The maximum atomic E-state index is 13.3. The van der Waals surface area contributed by atoms with Crippen LogP contribution in [0, 0.1) is 0 Å². The molecule has 7 nitrogen and oxygen atoms in total. The van der Waals surface area contributed by atoms with Gasteiger partial charge in [-0.2, -0.15) is 13.2 Å². The maximum Gasteiger partial charge on any atom is 0.416 e. The molecule has 1 amide bonds. The molecule has 2 aliphatic heterocycles. The third-order valence-electron chi connectivity index (χ3n) is 6.22. The molecular weight excluding hydrogens is 491 g/mol. The zero-order chi connectivity index (χ0) is 26.3. The van der Waals surface area contributed by atoms with Crippen molar-refractivity contribution in [2.75, 3.05) is 13.9 Å². The predicted octanol–water partition coefficient (Wildman–Crippen LogP) is 5.06. The van der Waals surface area contributed by atoms with E-state index < -0.39 is 35.2 Å². The Hall–Kier alpha value is -4.47. The summed E-state index contributed by atoms with van der Waals surface area (Å²) in [6, 6.07) is 14.6. The molecule has 190 valence electrons. The summed E-state index contributed by atoms with van der Waals surface area (Å²) < 4.78 is 55.7. The highest BCUT2D eigenvalue weighted by Gasteiger charge is 2.46. The fraction of sp³-hybridized carbons (Fsp3) is 0.185. The average Bonchev–Trinajstić information content (AvgIpc) is 3.46. The standard InChI is InChI=1S/C27H20F3NO6/c1-35-19-8-5-16(6-9-19)23-22(24(32)17-7-10-20-21(12-17)37-14-36-20)25(33)26(34)31(23)13-15-3-2-4-18(11-15)27(28,29)30/h2-12,23,32H,13-14H2,1H3/b24-22-. The lowest BCUT2D eigenvalue weighted by Gasteiger charge is -2.26. The van der Waals surface area contributed by atoms with E-state index in [0.717, 1.165) is 17.0 Å². The van der Waals surface area contributed by atoms with E-state index in [0.29, 0.717) is 22.8 Å². The zero-order valence-electron chi connectivity index (χ0n) is 19.4. The number of aliphatic hydroxyl groups is 1. The quantitative estimate of drug-likeness (QED) is 0.293. The molecule has 1 unspecified atom stereocenters. The number of nitrogens with zero attached hydrogens (tertiary/aromatic N) is 1.